The Balaban J connectivity index is 1.69. The Morgan fingerprint density at radius 3 is 2.50 bits per heavy atom. The Labute approximate surface area is 190 Å². The summed E-state index contributed by atoms with van der Waals surface area (Å²) < 4.78 is 32.8. The van der Waals surface area contributed by atoms with E-state index in [1.54, 1.807) is 13.0 Å². The highest BCUT2D eigenvalue weighted by molar-refractivity contribution is 7.89. The van der Waals surface area contributed by atoms with Crippen LogP contribution in [-0.4, -0.2) is 25.4 Å². The number of nitrogens with zero attached hydrogens (tertiary/aromatic N) is 1. The average Bonchev–Trinajstić information content (AvgIpc) is 3.44. The Bertz CT molecular complexity index is 1190. The molecular weight excluding hydrogens is 424 g/mol. The van der Waals surface area contributed by atoms with Gasteiger partial charge in [0, 0.05) is 28.9 Å². The van der Waals surface area contributed by atoms with Crippen LogP contribution in [-0.2, 0) is 22.0 Å². The first-order valence-electron chi connectivity index (χ1n) is 11.8. The first-order chi connectivity index (χ1) is 15.2. The molecule has 2 aromatic rings. The summed E-state index contributed by atoms with van der Waals surface area (Å²) in [6, 6.07) is 5.71. The summed E-state index contributed by atoms with van der Waals surface area (Å²) in [4.78, 5) is 12.7. The van der Waals surface area contributed by atoms with Gasteiger partial charge in [-0.15, -0.1) is 0 Å². The van der Waals surface area contributed by atoms with Crippen LogP contribution in [0.5, 0.6) is 5.75 Å². The van der Waals surface area contributed by atoms with E-state index >= 15 is 0 Å². The SMILES string of the molecule is CC(=O)c1cc(-c2cc(S(N)(=O)=O)c(C)n2CC2CCCCC2)cc2c1OCCC21CC1. The highest BCUT2D eigenvalue weighted by Gasteiger charge is 2.48. The third kappa shape index (κ3) is 3.69. The third-order valence-electron chi connectivity index (χ3n) is 7.81. The molecule has 0 saturated heterocycles. The van der Waals surface area contributed by atoms with Gasteiger partial charge in [-0.2, -0.15) is 0 Å². The summed E-state index contributed by atoms with van der Waals surface area (Å²) in [5, 5.41) is 5.58. The van der Waals surface area contributed by atoms with Gasteiger partial charge >= 0.3 is 0 Å². The number of Topliss-reactive ketones (excluding diaryl/α,β-unsaturated/α-hetero) is 1. The molecule has 0 amide bonds. The number of benzene rings is 1. The fraction of sp³-hybridized carbons (Fsp3) is 0.560. The van der Waals surface area contributed by atoms with Crippen LogP contribution in [0.3, 0.4) is 0 Å². The molecule has 5 rings (SSSR count). The van der Waals surface area contributed by atoms with Crippen LogP contribution in [0.15, 0.2) is 23.1 Å². The number of hydrogen-bond acceptors (Lipinski definition) is 4. The molecule has 0 atom stereocenters. The average molecular weight is 457 g/mol. The number of primary sulfonamides is 1. The largest absolute Gasteiger partial charge is 0.492 e. The zero-order valence-electron chi connectivity index (χ0n) is 18.9. The van der Waals surface area contributed by atoms with E-state index in [1.165, 1.54) is 19.3 Å². The van der Waals surface area contributed by atoms with Gasteiger partial charge in [0.15, 0.2) is 5.78 Å². The van der Waals surface area contributed by atoms with Crippen molar-refractivity contribution >= 4 is 15.8 Å². The fourth-order valence-corrected chi connectivity index (χ4v) is 6.55. The van der Waals surface area contributed by atoms with Crippen molar-refractivity contribution in [2.75, 3.05) is 6.61 Å². The Morgan fingerprint density at radius 1 is 1.16 bits per heavy atom. The number of ether oxygens (including phenoxy) is 1. The topological polar surface area (TPSA) is 91.4 Å². The Morgan fingerprint density at radius 2 is 1.88 bits per heavy atom. The number of fused-ring (bicyclic) bond motifs is 2. The Hall–Kier alpha value is -2.12. The first kappa shape index (κ1) is 21.7. The molecule has 2 heterocycles. The maximum atomic E-state index is 12.6. The molecule has 0 radical (unpaired) electrons. The number of carbonyl (C=O) groups excluding carboxylic acids is 1. The molecule has 2 saturated carbocycles. The summed E-state index contributed by atoms with van der Waals surface area (Å²) in [7, 11) is -3.85. The van der Waals surface area contributed by atoms with E-state index in [0.29, 0.717) is 23.8 Å². The number of ketones is 1. The van der Waals surface area contributed by atoms with Crippen molar-refractivity contribution in [3.8, 4) is 17.0 Å². The van der Waals surface area contributed by atoms with Crippen molar-refractivity contribution in [3.05, 3.63) is 35.0 Å². The van der Waals surface area contributed by atoms with Crippen LogP contribution in [0.4, 0.5) is 0 Å². The van der Waals surface area contributed by atoms with Crippen LogP contribution in [0, 0.1) is 12.8 Å². The van der Waals surface area contributed by atoms with Crippen molar-refractivity contribution in [1.82, 2.24) is 4.57 Å². The lowest BCUT2D eigenvalue weighted by molar-refractivity contribution is 0.101. The fourth-order valence-electron chi connectivity index (χ4n) is 5.75. The van der Waals surface area contributed by atoms with E-state index in [1.807, 2.05) is 13.0 Å². The van der Waals surface area contributed by atoms with E-state index in [-0.39, 0.29) is 16.1 Å². The molecule has 3 aliphatic rings. The minimum atomic E-state index is -3.85. The lowest BCUT2D eigenvalue weighted by Crippen LogP contribution is -2.22. The second-order valence-corrected chi connectivity index (χ2v) is 11.5. The van der Waals surface area contributed by atoms with Gasteiger partial charge < -0.3 is 9.30 Å². The maximum absolute atomic E-state index is 12.6. The van der Waals surface area contributed by atoms with E-state index in [0.717, 1.165) is 61.2 Å². The minimum Gasteiger partial charge on any atom is -0.492 e. The van der Waals surface area contributed by atoms with Gasteiger partial charge in [-0.1, -0.05) is 19.3 Å². The van der Waals surface area contributed by atoms with E-state index in [9.17, 15) is 13.2 Å². The molecule has 1 spiro atoms. The quantitative estimate of drug-likeness (QED) is 0.660. The molecule has 7 heteroatoms. The maximum Gasteiger partial charge on any atom is 0.239 e. The van der Waals surface area contributed by atoms with E-state index < -0.39 is 10.0 Å². The molecule has 1 aromatic heterocycles. The molecular formula is C25H32N2O4S. The van der Waals surface area contributed by atoms with Gasteiger partial charge in [0.05, 0.1) is 12.2 Å². The number of hydrogen-bond donors (Lipinski definition) is 1. The van der Waals surface area contributed by atoms with Gasteiger partial charge in [0.1, 0.15) is 10.6 Å². The monoisotopic (exact) mass is 456 g/mol. The zero-order valence-corrected chi connectivity index (χ0v) is 19.8. The highest BCUT2D eigenvalue weighted by Crippen LogP contribution is 2.57. The molecule has 172 valence electrons. The second-order valence-electron chi connectivity index (χ2n) is 9.97. The van der Waals surface area contributed by atoms with Gasteiger partial charge in [0.25, 0.3) is 0 Å². The molecule has 1 aliphatic heterocycles. The number of carbonyl (C=O) groups is 1. The summed E-state index contributed by atoms with van der Waals surface area (Å²) in [5.41, 5.74) is 4.16. The number of rotatable bonds is 5. The van der Waals surface area contributed by atoms with Crippen molar-refractivity contribution in [3.63, 3.8) is 0 Å². The van der Waals surface area contributed by atoms with Gasteiger partial charge in [-0.05, 0) is 75.6 Å². The Kier molecular flexibility index (Phi) is 5.25. The van der Waals surface area contributed by atoms with Crippen molar-refractivity contribution in [2.45, 2.75) is 82.1 Å². The molecule has 2 fully saturated rings. The van der Waals surface area contributed by atoms with Crippen molar-refractivity contribution in [2.24, 2.45) is 11.1 Å². The smallest absolute Gasteiger partial charge is 0.239 e. The molecule has 32 heavy (non-hydrogen) atoms. The van der Waals surface area contributed by atoms with Crippen LogP contribution in [0.2, 0.25) is 0 Å². The number of aromatic nitrogens is 1. The van der Waals surface area contributed by atoms with Gasteiger partial charge in [-0.25, -0.2) is 13.6 Å². The molecule has 6 nitrogen and oxygen atoms in total. The molecule has 0 unspecified atom stereocenters. The standard InChI is InChI=1S/C25H32N2O4S/c1-16-23(32(26,29)30)14-22(27(16)15-18-6-4-3-5-7-18)19-12-20(17(2)28)24-21(13-19)25(8-9-25)10-11-31-24/h12-14,18H,3-11,15H2,1-2H3,(H2,26,29,30). The van der Waals surface area contributed by atoms with Gasteiger partial charge in [-0.3, -0.25) is 4.79 Å². The predicted molar refractivity (Wildman–Crippen MR) is 124 cm³/mol. The van der Waals surface area contributed by atoms with Crippen LogP contribution in [0.25, 0.3) is 11.3 Å². The second kappa shape index (κ2) is 7.73. The van der Waals surface area contributed by atoms with Crippen LogP contribution < -0.4 is 9.88 Å². The third-order valence-corrected chi connectivity index (χ3v) is 8.83. The van der Waals surface area contributed by atoms with Crippen LogP contribution >= 0.6 is 0 Å². The number of nitrogens with two attached hydrogens (primary N) is 1. The van der Waals surface area contributed by atoms with Crippen molar-refractivity contribution in [1.29, 1.82) is 0 Å². The molecule has 2 aliphatic carbocycles. The van der Waals surface area contributed by atoms with Crippen LogP contribution in [0.1, 0.15) is 79.9 Å². The summed E-state index contributed by atoms with van der Waals surface area (Å²) in [6.45, 7) is 4.81. The summed E-state index contributed by atoms with van der Waals surface area (Å²) >= 11 is 0. The lowest BCUT2D eigenvalue weighted by Gasteiger charge is -2.29. The summed E-state index contributed by atoms with van der Waals surface area (Å²) in [6.07, 6.45) is 9.19. The van der Waals surface area contributed by atoms with E-state index in [4.69, 9.17) is 9.88 Å². The first-order valence-corrected chi connectivity index (χ1v) is 13.3. The molecule has 2 N–H and O–H groups in total. The predicted octanol–water partition coefficient (Wildman–Crippen LogP) is 4.71. The lowest BCUT2D eigenvalue weighted by atomic mass is 9.85. The normalized spacial score (nSPS) is 20.1. The summed E-state index contributed by atoms with van der Waals surface area (Å²) in [5.74, 6) is 1.21. The number of sulfonamides is 1. The van der Waals surface area contributed by atoms with Crippen molar-refractivity contribution < 1.29 is 17.9 Å². The zero-order chi connectivity index (χ0) is 22.7. The van der Waals surface area contributed by atoms with E-state index in [2.05, 4.69) is 10.6 Å². The van der Waals surface area contributed by atoms with Gasteiger partial charge in [0.2, 0.25) is 10.0 Å². The highest BCUT2D eigenvalue weighted by atomic mass is 32.2. The molecule has 1 aromatic carbocycles. The minimum absolute atomic E-state index is 0.0328. The molecule has 0 bridgehead atoms.